The fourth-order valence-electron chi connectivity index (χ4n) is 11.1. The summed E-state index contributed by atoms with van der Waals surface area (Å²) < 4.78 is 258. The largest absolute Gasteiger partial charge is 0.569 e. The van der Waals surface area contributed by atoms with E-state index in [0.29, 0.717) is 50.9 Å². The Hall–Kier alpha value is -14.4. The lowest BCUT2D eigenvalue weighted by atomic mass is 10.0. The van der Waals surface area contributed by atoms with Gasteiger partial charge in [0.2, 0.25) is 17.6 Å². The van der Waals surface area contributed by atoms with Crippen molar-refractivity contribution in [2.24, 2.45) is 0 Å². The minimum atomic E-state index is -4.71. The first-order valence-electron chi connectivity index (χ1n) is 35.8. The van der Waals surface area contributed by atoms with Gasteiger partial charge >= 0.3 is 38.2 Å². The summed E-state index contributed by atoms with van der Waals surface area (Å²) in [5.74, 6) is -9.57. The average molecular weight is 2000 g/mol. The van der Waals surface area contributed by atoms with Crippen molar-refractivity contribution in [2.45, 2.75) is 18.5 Å². The lowest BCUT2D eigenvalue weighted by Crippen LogP contribution is -2.12. The Labute approximate surface area is 739 Å². The standard InChI is InChI=1S/C25H13F5N4O2.C25H16F5N3O3.C14H9F3INO3.C11H8F2N2.C6H4BF2O2.C5H5IN2/c26-14-3-5-16(20(27)10-14)17-7-9-31-12-22(17)34-13-33-23(35)18-11-15(4-6-21(18)34)36-24-19(25(28,29)30)2-1-8-32-24;1-35-24(34)18-12-15(36-23-19(25(28,29)30)3-2-9-32-23)5-7-21(18)33-22-13-31-10-8-17(22)16-6-4-14(26)11-20(16)27;1-21-13(20)9-7-8(4-5-11(9)18)22-12-10(14(15,16)17)3-2-6-19-12;12-7-1-2-8(10(13)5-7)9-3-4-15-6-11(9)14;8-4-1-2-6(11-7-10)5(9)3-4;6-4-1-2-8-3-5(4)7/h1-13H;2-13,33H,1H3;2-7H,1H3;1-6H,14H2;1-3,10H;1-3H,7H2. The molecule has 0 aliphatic carbocycles. The maximum Gasteiger partial charge on any atom is 0.569 e. The predicted molar refractivity (Wildman–Crippen MR) is 450 cm³/mol. The van der Waals surface area contributed by atoms with Crippen LogP contribution in [-0.2, 0) is 28.0 Å². The molecule has 0 saturated carbocycles. The van der Waals surface area contributed by atoms with Crippen molar-refractivity contribution in [3.8, 4) is 79.7 Å². The summed E-state index contributed by atoms with van der Waals surface area (Å²) in [5, 5.41) is 11.1. The number of anilines is 4. The van der Waals surface area contributed by atoms with E-state index in [9.17, 15) is 89.0 Å². The van der Waals surface area contributed by atoms with Crippen LogP contribution in [0.15, 0.2) is 267 Å². The molecule has 128 heavy (non-hydrogen) atoms. The van der Waals surface area contributed by atoms with Crippen LogP contribution in [0.5, 0.6) is 40.6 Å². The number of pyridine rings is 7. The molecule has 0 aliphatic heterocycles. The summed E-state index contributed by atoms with van der Waals surface area (Å²) in [7, 11) is 2.67. The van der Waals surface area contributed by atoms with Crippen molar-refractivity contribution in [1.29, 1.82) is 0 Å². The Bertz CT molecular complexity index is 6530. The van der Waals surface area contributed by atoms with Crippen molar-refractivity contribution >= 4 is 98.5 Å². The second-order valence-electron chi connectivity index (χ2n) is 25.3. The van der Waals surface area contributed by atoms with Gasteiger partial charge in [-0.2, -0.15) is 44.5 Å². The highest BCUT2D eigenvalue weighted by molar-refractivity contribution is 14.1. The number of nitrogen functional groups attached to an aromatic ring is 2. The third kappa shape index (κ3) is 25.4. The van der Waals surface area contributed by atoms with E-state index in [2.05, 4.69) is 77.2 Å². The number of benzene rings is 7. The molecule has 8 aromatic heterocycles. The van der Waals surface area contributed by atoms with E-state index in [1.54, 1.807) is 24.5 Å². The van der Waals surface area contributed by atoms with Gasteiger partial charge in [-0.1, -0.05) is 0 Å². The topological polar surface area (TPSA) is 299 Å². The summed E-state index contributed by atoms with van der Waals surface area (Å²) in [4.78, 5) is 67.0. The molecule has 0 spiro atoms. The highest BCUT2D eigenvalue weighted by atomic mass is 127. The quantitative estimate of drug-likeness (QED) is 0.0302. The third-order valence-electron chi connectivity index (χ3n) is 16.9. The molecule has 0 unspecified atom stereocenters. The molecular formula is C86H55BF17I2N12O10. The van der Waals surface area contributed by atoms with Crippen LogP contribution in [0.2, 0.25) is 0 Å². The van der Waals surface area contributed by atoms with Gasteiger partial charge in [-0.15, -0.1) is 0 Å². The fraction of sp³-hybridized carbons (Fsp3) is 0.0581. The number of nitrogens with one attached hydrogen (secondary N) is 1. The van der Waals surface area contributed by atoms with Crippen LogP contribution < -0.4 is 41.2 Å². The molecule has 22 nitrogen and oxygen atoms in total. The van der Waals surface area contributed by atoms with E-state index in [-0.39, 0.29) is 67.6 Å². The Morgan fingerprint density at radius 1 is 0.422 bits per heavy atom. The number of nitrogens with zero attached hydrogens (tertiary/aromatic N) is 9. The summed E-state index contributed by atoms with van der Waals surface area (Å²) in [5.41, 5.74) is 11.2. The van der Waals surface area contributed by atoms with Crippen LogP contribution >= 0.6 is 45.2 Å². The first-order valence-corrected chi connectivity index (χ1v) is 38.0. The second-order valence-corrected chi connectivity index (χ2v) is 27.6. The van der Waals surface area contributed by atoms with E-state index >= 15 is 0 Å². The van der Waals surface area contributed by atoms with Crippen LogP contribution in [0.1, 0.15) is 37.4 Å². The van der Waals surface area contributed by atoms with Crippen molar-refractivity contribution in [3.63, 3.8) is 0 Å². The molecule has 1 radical (unpaired) electrons. The van der Waals surface area contributed by atoms with Crippen LogP contribution in [-0.4, -0.2) is 83.3 Å². The molecule has 0 saturated heterocycles. The Kier molecular flexibility index (Phi) is 32.5. The molecule has 0 aliphatic rings. The molecule has 8 heterocycles. The maximum absolute atomic E-state index is 14.5. The van der Waals surface area contributed by atoms with Gasteiger partial charge in [0.15, 0.2) is 5.82 Å². The van der Waals surface area contributed by atoms with Gasteiger partial charge in [0.25, 0.3) is 5.56 Å². The molecule has 15 aromatic rings. The Balaban J connectivity index is 0.000000172. The van der Waals surface area contributed by atoms with Crippen LogP contribution in [0.4, 0.5) is 97.4 Å². The van der Waals surface area contributed by atoms with Gasteiger partial charge in [-0.25, -0.2) is 59.7 Å². The van der Waals surface area contributed by atoms with Crippen molar-refractivity contribution in [1.82, 2.24) is 44.4 Å². The number of hydrogen-bond acceptors (Lipinski definition) is 21. The zero-order valence-electron chi connectivity index (χ0n) is 64.9. The number of esters is 2. The second kappa shape index (κ2) is 43.5. The normalized spacial score (nSPS) is 10.9. The summed E-state index contributed by atoms with van der Waals surface area (Å²) in [6.07, 6.45) is 2.63. The number of aromatic nitrogens is 9. The minimum Gasteiger partial charge on any atom is -0.535 e. The third-order valence-corrected chi connectivity index (χ3v) is 18.8. The number of rotatable bonds is 16. The number of ether oxygens (including phenoxy) is 5. The molecular weight excluding hydrogens is 1950 g/mol. The number of hydrogen-bond donors (Lipinski definition) is 4. The zero-order valence-corrected chi connectivity index (χ0v) is 69.2. The SMILES string of the molecule is COC(=O)c1cc(Oc2ncccc2C(F)(F)F)ccc1I.COC(=O)c1cc(Oc2ncccc2C(F)(F)F)ccc1Nc1cnccc1-c1ccc(F)cc1F.Nc1cnccc1-c1ccc(F)cc1F.Nc1cnccc1I.O=c1ncn(-c2cnccc2-c2ccc(F)cc2F)c2ccc(Oc3ncccc3C(F)(F)F)cc12.O[B]Oc1ccc(F)cc1F. The highest BCUT2D eigenvalue weighted by Crippen LogP contribution is 2.43. The number of nitrogens with two attached hydrogens (primary N) is 2. The molecule has 7 aromatic carbocycles. The van der Waals surface area contributed by atoms with Gasteiger partial charge in [-0.05, 0) is 209 Å². The van der Waals surface area contributed by atoms with Crippen LogP contribution in [0.25, 0.3) is 50.0 Å². The molecule has 0 atom stereocenters. The van der Waals surface area contributed by atoms with Crippen LogP contribution in [0, 0.1) is 53.7 Å². The molecule has 655 valence electrons. The van der Waals surface area contributed by atoms with Crippen LogP contribution in [0.3, 0.4) is 0 Å². The maximum atomic E-state index is 14.5. The molecule has 15 rings (SSSR count). The predicted octanol–water partition coefficient (Wildman–Crippen LogP) is 21.7. The number of halogens is 19. The van der Waals surface area contributed by atoms with Crippen molar-refractivity contribution < 1.29 is 118 Å². The number of fused-ring (bicyclic) bond motifs is 1. The lowest BCUT2D eigenvalue weighted by molar-refractivity contribution is -0.139. The Morgan fingerprint density at radius 2 is 0.844 bits per heavy atom. The number of methoxy groups -OCH3 is 2. The van der Waals surface area contributed by atoms with E-state index < -0.39 is 117 Å². The van der Waals surface area contributed by atoms with Gasteiger partial charge < -0.3 is 50.1 Å². The first kappa shape index (κ1) is 95.8. The molecule has 0 amide bonds. The van der Waals surface area contributed by atoms with Crippen molar-refractivity contribution in [2.75, 3.05) is 31.0 Å². The molecule has 6 N–H and O–H groups in total. The number of carbonyl (C=O) groups is 2. The van der Waals surface area contributed by atoms with Gasteiger partial charge in [0.1, 0.15) is 86.7 Å². The first-order chi connectivity index (χ1) is 60.9. The van der Waals surface area contributed by atoms with Crippen molar-refractivity contribution in [3.05, 3.63) is 354 Å². The lowest BCUT2D eigenvalue weighted by Gasteiger charge is -2.16. The van der Waals surface area contributed by atoms with E-state index in [1.807, 2.05) is 28.7 Å². The van der Waals surface area contributed by atoms with Gasteiger partial charge in [0, 0.05) is 108 Å². The monoisotopic (exact) mass is 2000 g/mol. The highest BCUT2D eigenvalue weighted by Gasteiger charge is 2.38. The molecule has 42 heteroatoms. The Morgan fingerprint density at radius 3 is 1.31 bits per heavy atom. The van der Waals surface area contributed by atoms with E-state index in [4.69, 9.17) is 35.4 Å². The summed E-state index contributed by atoms with van der Waals surface area (Å²) in [6, 6.07) is 37.0. The summed E-state index contributed by atoms with van der Waals surface area (Å²) >= 11 is 4.07. The van der Waals surface area contributed by atoms with Gasteiger partial charge in [-0.3, -0.25) is 29.3 Å². The minimum absolute atomic E-state index is 0.0221. The molecule has 0 fully saturated rings. The zero-order chi connectivity index (χ0) is 92.7. The molecule has 0 bridgehead atoms. The summed E-state index contributed by atoms with van der Waals surface area (Å²) in [6.45, 7) is 0. The fourth-order valence-corrected chi connectivity index (χ4v) is 11.9. The van der Waals surface area contributed by atoms with Gasteiger partial charge in [0.05, 0.1) is 89.5 Å². The number of carbonyl (C=O) groups excluding carboxylic acids is 2. The number of alkyl halides is 9. The van der Waals surface area contributed by atoms with E-state index in [0.717, 1.165) is 102 Å². The van der Waals surface area contributed by atoms with E-state index in [1.165, 1.54) is 152 Å². The smallest absolute Gasteiger partial charge is 0.535 e. The average Bonchev–Trinajstić information content (AvgIpc) is 0.767.